The van der Waals surface area contributed by atoms with Crippen molar-refractivity contribution in [3.63, 3.8) is 0 Å². The van der Waals surface area contributed by atoms with E-state index in [0.717, 1.165) is 12.8 Å². The van der Waals surface area contributed by atoms with Crippen molar-refractivity contribution in [2.24, 2.45) is 5.92 Å². The Morgan fingerprint density at radius 1 is 1.06 bits per heavy atom. The van der Waals surface area contributed by atoms with Gasteiger partial charge in [-0.3, -0.25) is 0 Å². The molecule has 0 aliphatic heterocycles. The van der Waals surface area contributed by atoms with Crippen LogP contribution in [0.15, 0.2) is 0 Å². The average Bonchev–Trinajstić information content (AvgIpc) is 2.89. The topological polar surface area (TPSA) is 9.23 Å². The summed E-state index contributed by atoms with van der Waals surface area (Å²) in [5.74, 6) is -6.12. The molecule has 0 N–H and O–H groups in total. The summed E-state index contributed by atoms with van der Waals surface area (Å²) in [4.78, 5) is 0. The summed E-state index contributed by atoms with van der Waals surface area (Å²) in [6.07, 6.45) is 2.30. The number of halogens is 4. The third-order valence-corrected chi connectivity index (χ3v) is 4.36. The van der Waals surface area contributed by atoms with Crippen molar-refractivity contribution in [2.75, 3.05) is 7.11 Å². The number of rotatable bonds is 1. The third-order valence-electron chi connectivity index (χ3n) is 4.36. The van der Waals surface area contributed by atoms with Gasteiger partial charge in [0.25, 0.3) is 0 Å². The third kappa shape index (κ3) is 1.20. The van der Waals surface area contributed by atoms with Gasteiger partial charge in [0.2, 0.25) is 0 Å². The van der Waals surface area contributed by atoms with Crippen LogP contribution in [-0.4, -0.2) is 7.11 Å². The molecule has 0 bridgehead atoms. The lowest BCUT2D eigenvalue weighted by Gasteiger charge is -2.29. The summed E-state index contributed by atoms with van der Waals surface area (Å²) < 4.78 is 59.6. The zero-order chi connectivity index (χ0) is 13.1. The van der Waals surface area contributed by atoms with Gasteiger partial charge in [-0.1, -0.05) is 0 Å². The summed E-state index contributed by atoms with van der Waals surface area (Å²) in [6, 6.07) is 0. The summed E-state index contributed by atoms with van der Waals surface area (Å²) >= 11 is 0. The van der Waals surface area contributed by atoms with E-state index < -0.39 is 28.9 Å². The first-order chi connectivity index (χ1) is 8.53. The molecule has 0 spiro atoms. The van der Waals surface area contributed by atoms with Crippen molar-refractivity contribution in [3.05, 3.63) is 34.4 Å². The van der Waals surface area contributed by atoms with Crippen LogP contribution in [-0.2, 0) is 16.8 Å². The number of hydrogen-bond donors (Lipinski definition) is 0. The minimum atomic E-state index is -1.74. The van der Waals surface area contributed by atoms with Gasteiger partial charge in [-0.15, -0.1) is 0 Å². The number of ether oxygens (including phenoxy) is 1. The first-order valence-electron chi connectivity index (χ1n) is 5.93. The Bertz CT molecular complexity index is 528. The van der Waals surface area contributed by atoms with Crippen molar-refractivity contribution in [1.82, 2.24) is 0 Å². The predicted octanol–water partition coefficient (Wildman–Crippen LogP) is 3.44. The Kier molecular flexibility index (Phi) is 2.46. The highest BCUT2D eigenvalue weighted by atomic mass is 19.2. The van der Waals surface area contributed by atoms with Gasteiger partial charge in [-0.25, -0.2) is 17.6 Å². The minimum Gasteiger partial charge on any atom is -0.373 e. The predicted molar refractivity (Wildman–Crippen MR) is 56.0 cm³/mol. The van der Waals surface area contributed by atoms with Crippen molar-refractivity contribution >= 4 is 0 Å². The zero-order valence-corrected chi connectivity index (χ0v) is 9.83. The lowest BCUT2D eigenvalue weighted by Crippen LogP contribution is -2.30. The van der Waals surface area contributed by atoms with Crippen molar-refractivity contribution < 1.29 is 22.3 Å². The van der Waals surface area contributed by atoms with Crippen LogP contribution < -0.4 is 0 Å². The van der Waals surface area contributed by atoms with E-state index >= 15 is 0 Å². The molecule has 0 aromatic heterocycles. The summed E-state index contributed by atoms with van der Waals surface area (Å²) in [7, 11) is 1.41. The van der Waals surface area contributed by atoms with Crippen LogP contribution in [0.1, 0.15) is 30.4 Å². The molecule has 1 fully saturated rings. The number of hydrogen-bond acceptors (Lipinski definition) is 1. The van der Waals surface area contributed by atoms with Gasteiger partial charge in [0, 0.05) is 18.2 Å². The van der Waals surface area contributed by atoms with E-state index in [4.69, 9.17) is 4.74 Å². The van der Waals surface area contributed by atoms with Crippen LogP contribution in [0.5, 0.6) is 0 Å². The molecular weight excluding hydrogens is 248 g/mol. The molecule has 0 saturated heterocycles. The fraction of sp³-hybridized carbons (Fsp3) is 0.538. The van der Waals surface area contributed by atoms with Gasteiger partial charge >= 0.3 is 0 Å². The minimum absolute atomic E-state index is 0.0575. The van der Waals surface area contributed by atoms with Crippen LogP contribution in [0.2, 0.25) is 0 Å². The number of methoxy groups -OCH3 is 1. The summed E-state index contributed by atoms with van der Waals surface area (Å²) in [5, 5.41) is 0. The Labute approximate surface area is 102 Å². The van der Waals surface area contributed by atoms with Crippen molar-refractivity contribution in [1.29, 1.82) is 0 Å². The quantitative estimate of drug-likeness (QED) is 0.427. The highest BCUT2D eigenvalue weighted by Gasteiger charge is 2.54. The number of fused-ring (bicyclic) bond motifs is 3. The average molecular weight is 260 g/mol. The summed E-state index contributed by atoms with van der Waals surface area (Å²) in [5.41, 5.74) is -1.14. The second-order valence-electron chi connectivity index (χ2n) is 5.00. The molecule has 0 amide bonds. The fourth-order valence-corrected chi connectivity index (χ4v) is 3.57. The van der Waals surface area contributed by atoms with Gasteiger partial charge in [0.1, 0.15) is 0 Å². The highest BCUT2D eigenvalue weighted by Crippen LogP contribution is 2.55. The maximum atomic E-state index is 14.0. The van der Waals surface area contributed by atoms with Gasteiger partial charge in [0.15, 0.2) is 23.3 Å². The summed E-state index contributed by atoms with van der Waals surface area (Å²) in [6.45, 7) is 0. The molecular formula is C13H12F4O. The second kappa shape index (κ2) is 3.70. The van der Waals surface area contributed by atoms with Crippen LogP contribution in [0.4, 0.5) is 17.6 Å². The van der Waals surface area contributed by atoms with Crippen LogP contribution >= 0.6 is 0 Å². The van der Waals surface area contributed by atoms with Crippen molar-refractivity contribution in [3.8, 4) is 0 Å². The molecule has 1 aromatic rings. The number of benzene rings is 1. The molecule has 0 radical (unpaired) electrons. The lowest BCUT2D eigenvalue weighted by molar-refractivity contribution is -0.0389. The van der Waals surface area contributed by atoms with Crippen molar-refractivity contribution in [2.45, 2.75) is 31.3 Å². The Morgan fingerprint density at radius 2 is 1.72 bits per heavy atom. The molecule has 2 unspecified atom stereocenters. The molecule has 98 valence electrons. The van der Waals surface area contributed by atoms with E-state index in [1.807, 2.05) is 0 Å². The monoisotopic (exact) mass is 260 g/mol. The highest BCUT2D eigenvalue weighted by molar-refractivity contribution is 5.43. The van der Waals surface area contributed by atoms with E-state index in [9.17, 15) is 17.6 Å². The maximum Gasteiger partial charge on any atom is 0.197 e. The maximum absolute atomic E-state index is 14.0. The smallest absolute Gasteiger partial charge is 0.197 e. The first kappa shape index (κ1) is 12.0. The molecule has 2 atom stereocenters. The standard InChI is InChI=1S/C13H12F4O/c1-18-13-4-2-3-6(13)5-7-8(13)10(15)12(17)11(16)9(7)14/h6H,2-5H2,1H3. The first-order valence-corrected chi connectivity index (χ1v) is 5.93. The van der Waals surface area contributed by atoms with Gasteiger partial charge in [-0.05, 0) is 31.6 Å². The molecule has 18 heavy (non-hydrogen) atoms. The van der Waals surface area contributed by atoms with E-state index in [1.165, 1.54) is 7.11 Å². The van der Waals surface area contributed by atoms with Crippen LogP contribution in [0, 0.1) is 29.2 Å². The van der Waals surface area contributed by atoms with E-state index in [2.05, 4.69) is 0 Å². The SMILES string of the molecule is COC12CCCC1Cc1c(F)c(F)c(F)c(F)c12. The van der Waals surface area contributed by atoms with E-state index in [-0.39, 0.29) is 23.5 Å². The lowest BCUT2D eigenvalue weighted by atomic mass is 9.89. The molecule has 2 aliphatic rings. The van der Waals surface area contributed by atoms with E-state index in [1.54, 1.807) is 0 Å². The molecule has 0 heterocycles. The van der Waals surface area contributed by atoms with Crippen LogP contribution in [0.25, 0.3) is 0 Å². The van der Waals surface area contributed by atoms with Gasteiger partial charge in [-0.2, -0.15) is 0 Å². The fourth-order valence-electron chi connectivity index (χ4n) is 3.57. The molecule has 2 aliphatic carbocycles. The van der Waals surface area contributed by atoms with Crippen LogP contribution in [0.3, 0.4) is 0 Å². The Hall–Kier alpha value is -1.10. The molecule has 3 rings (SSSR count). The largest absolute Gasteiger partial charge is 0.373 e. The molecule has 1 saturated carbocycles. The zero-order valence-electron chi connectivity index (χ0n) is 9.83. The van der Waals surface area contributed by atoms with Gasteiger partial charge < -0.3 is 4.74 Å². The molecule has 5 heteroatoms. The normalized spacial score (nSPS) is 29.5. The Balaban J connectivity index is 2.32. The molecule has 1 nitrogen and oxygen atoms in total. The van der Waals surface area contributed by atoms with Gasteiger partial charge in [0.05, 0.1) is 5.60 Å². The molecule has 1 aromatic carbocycles. The Morgan fingerprint density at radius 3 is 2.39 bits per heavy atom. The second-order valence-corrected chi connectivity index (χ2v) is 5.00. The van der Waals surface area contributed by atoms with E-state index in [0.29, 0.717) is 6.42 Å².